The summed E-state index contributed by atoms with van der Waals surface area (Å²) in [5, 5.41) is 8.81. The van der Waals surface area contributed by atoms with E-state index in [0.717, 1.165) is 10.0 Å². The first-order valence-electron chi connectivity index (χ1n) is 7.52. The summed E-state index contributed by atoms with van der Waals surface area (Å²) >= 11 is 9.28. The number of carbonyl (C=O) groups excluding carboxylic acids is 2. The number of rotatable bonds is 3. The van der Waals surface area contributed by atoms with Gasteiger partial charge in [0.25, 0.3) is 0 Å². The highest BCUT2D eigenvalue weighted by atomic mass is 79.9. The fourth-order valence-electron chi connectivity index (χ4n) is 2.72. The molecule has 3 amide bonds. The summed E-state index contributed by atoms with van der Waals surface area (Å²) in [5.74, 6) is -0.938. The quantitative estimate of drug-likeness (QED) is 0.695. The van der Waals surface area contributed by atoms with Gasteiger partial charge in [-0.3, -0.25) is 4.79 Å². The molecule has 0 aliphatic carbocycles. The lowest BCUT2D eigenvalue weighted by atomic mass is 9.88. The molecule has 1 heterocycles. The first kappa shape index (κ1) is 17.5. The number of benzene rings is 2. The van der Waals surface area contributed by atoms with E-state index in [2.05, 4.69) is 38.5 Å². The van der Waals surface area contributed by atoms with E-state index in [1.807, 2.05) is 24.3 Å². The number of amides is 3. The number of nitrogens with one attached hydrogen (secondary N) is 3. The average Bonchev–Trinajstić information content (AvgIpc) is 2.56. The van der Waals surface area contributed by atoms with Crippen LogP contribution in [0.25, 0.3) is 0 Å². The van der Waals surface area contributed by atoms with Gasteiger partial charge < -0.3 is 16.0 Å². The van der Waals surface area contributed by atoms with Crippen molar-refractivity contribution >= 4 is 45.2 Å². The molecule has 0 aromatic heterocycles. The van der Waals surface area contributed by atoms with Gasteiger partial charge in [0.15, 0.2) is 0 Å². The number of anilines is 1. The zero-order valence-corrected chi connectivity index (χ0v) is 15.4. The van der Waals surface area contributed by atoms with E-state index in [1.54, 1.807) is 24.3 Å². The standard InChI is InChI=1S/C18H15BrClN3O2/c1-10-15(17(24)22-14-7-5-13(20)6-8-14)16(23-18(25)21-10)11-3-2-4-12(19)9-11/h2-9,15-16H,1H2,(H,22,24)(H2,21,23,25)/t15-,16+/m0/s1. The Hall–Kier alpha value is -2.31. The lowest BCUT2D eigenvalue weighted by Gasteiger charge is -2.34. The van der Waals surface area contributed by atoms with Crippen LogP contribution >= 0.6 is 27.5 Å². The molecule has 0 saturated carbocycles. The molecule has 2 aromatic rings. The minimum atomic E-state index is -0.664. The molecule has 0 bridgehead atoms. The number of urea groups is 1. The van der Waals surface area contributed by atoms with Gasteiger partial charge >= 0.3 is 6.03 Å². The Morgan fingerprint density at radius 3 is 2.60 bits per heavy atom. The summed E-state index contributed by atoms with van der Waals surface area (Å²) in [7, 11) is 0. The van der Waals surface area contributed by atoms with Crippen LogP contribution < -0.4 is 16.0 Å². The largest absolute Gasteiger partial charge is 0.330 e. The van der Waals surface area contributed by atoms with E-state index in [0.29, 0.717) is 16.4 Å². The molecule has 1 aliphatic rings. The van der Waals surface area contributed by atoms with Crippen molar-refractivity contribution in [3.8, 4) is 0 Å². The van der Waals surface area contributed by atoms with E-state index in [-0.39, 0.29) is 11.9 Å². The maximum atomic E-state index is 12.8. The molecular formula is C18H15BrClN3O2. The van der Waals surface area contributed by atoms with Crippen molar-refractivity contribution in [1.82, 2.24) is 10.6 Å². The maximum absolute atomic E-state index is 12.8. The Balaban J connectivity index is 1.89. The van der Waals surface area contributed by atoms with Crippen LogP contribution in [0.1, 0.15) is 11.6 Å². The highest BCUT2D eigenvalue weighted by molar-refractivity contribution is 9.10. The second-order valence-corrected chi connectivity index (χ2v) is 6.98. The van der Waals surface area contributed by atoms with Crippen LogP contribution in [0.5, 0.6) is 0 Å². The molecule has 0 spiro atoms. The fraction of sp³-hybridized carbons (Fsp3) is 0.111. The fourth-order valence-corrected chi connectivity index (χ4v) is 3.27. The molecule has 0 unspecified atom stereocenters. The Kier molecular flexibility index (Phi) is 5.11. The third kappa shape index (κ3) is 4.03. The number of hydrogen-bond donors (Lipinski definition) is 3. The van der Waals surface area contributed by atoms with Gasteiger partial charge in [-0.1, -0.05) is 46.2 Å². The van der Waals surface area contributed by atoms with Crippen molar-refractivity contribution in [2.24, 2.45) is 5.92 Å². The minimum absolute atomic E-state index is 0.273. The molecule has 7 heteroatoms. The zero-order valence-electron chi connectivity index (χ0n) is 13.1. The molecule has 1 aliphatic heterocycles. The van der Waals surface area contributed by atoms with Crippen LogP contribution in [0.15, 0.2) is 65.3 Å². The van der Waals surface area contributed by atoms with Gasteiger partial charge in [0.2, 0.25) is 5.91 Å². The van der Waals surface area contributed by atoms with Crippen molar-refractivity contribution in [2.75, 3.05) is 5.32 Å². The number of hydrogen-bond acceptors (Lipinski definition) is 2. The van der Waals surface area contributed by atoms with Crippen molar-refractivity contribution in [3.05, 3.63) is 75.9 Å². The molecule has 2 atom stereocenters. The van der Waals surface area contributed by atoms with Crippen molar-refractivity contribution in [1.29, 1.82) is 0 Å². The molecule has 3 N–H and O–H groups in total. The first-order valence-corrected chi connectivity index (χ1v) is 8.69. The van der Waals surface area contributed by atoms with Gasteiger partial charge in [-0.25, -0.2) is 4.79 Å². The van der Waals surface area contributed by atoms with E-state index in [4.69, 9.17) is 11.6 Å². The smallest absolute Gasteiger partial charge is 0.319 e. The van der Waals surface area contributed by atoms with Crippen molar-refractivity contribution in [3.63, 3.8) is 0 Å². The molecule has 1 fully saturated rings. The van der Waals surface area contributed by atoms with Crippen molar-refractivity contribution < 1.29 is 9.59 Å². The summed E-state index contributed by atoms with van der Waals surface area (Å²) in [6.07, 6.45) is 0. The molecule has 3 rings (SSSR count). The SMILES string of the molecule is C=C1NC(=O)N[C@H](c2cccc(Br)c2)[C@H]1C(=O)Nc1ccc(Cl)cc1. The van der Waals surface area contributed by atoms with E-state index < -0.39 is 12.0 Å². The number of carbonyl (C=O) groups is 2. The van der Waals surface area contributed by atoms with Crippen LogP contribution in [0.4, 0.5) is 10.5 Å². The summed E-state index contributed by atoms with van der Waals surface area (Å²) in [5.41, 5.74) is 1.77. The Bertz CT molecular complexity index is 838. The minimum Gasteiger partial charge on any atom is -0.330 e. The van der Waals surface area contributed by atoms with Gasteiger partial charge in [-0.2, -0.15) is 0 Å². The maximum Gasteiger partial charge on any atom is 0.319 e. The van der Waals surface area contributed by atoms with Gasteiger partial charge in [-0.05, 0) is 42.0 Å². The third-order valence-electron chi connectivity index (χ3n) is 3.87. The first-order chi connectivity index (χ1) is 11.9. The van der Waals surface area contributed by atoms with Crippen LogP contribution in [0.3, 0.4) is 0 Å². The Labute approximate surface area is 158 Å². The van der Waals surface area contributed by atoms with E-state index in [1.165, 1.54) is 0 Å². The zero-order chi connectivity index (χ0) is 18.0. The molecule has 5 nitrogen and oxygen atoms in total. The van der Waals surface area contributed by atoms with E-state index in [9.17, 15) is 9.59 Å². The van der Waals surface area contributed by atoms with Gasteiger partial charge in [0.05, 0.1) is 6.04 Å². The van der Waals surface area contributed by atoms with Crippen molar-refractivity contribution in [2.45, 2.75) is 6.04 Å². The predicted octanol–water partition coefficient (Wildman–Crippen LogP) is 4.23. The predicted molar refractivity (Wildman–Crippen MR) is 101 cm³/mol. The second-order valence-electron chi connectivity index (χ2n) is 5.63. The molecule has 25 heavy (non-hydrogen) atoms. The van der Waals surface area contributed by atoms with Gasteiger partial charge in [-0.15, -0.1) is 0 Å². The van der Waals surface area contributed by atoms with Crippen LogP contribution in [-0.2, 0) is 4.79 Å². The van der Waals surface area contributed by atoms with Crippen LogP contribution in [-0.4, -0.2) is 11.9 Å². The second kappa shape index (κ2) is 7.29. The normalized spacial score (nSPS) is 19.8. The monoisotopic (exact) mass is 419 g/mol. The molecule has 0 radical (unpaired) electrons. The topological polar surface area (TPSA) is 70.2 Å². The highest BCUT2D eigenvalue weighted by Gasteiger charge is 2.37. The molecular weight excluding hydrogens is 406 g/mol. The van der Waals surface area contributed by atoms with Gasteiger partial charge in [0, 0.05) is 20.9 Å². The Morgan fingerprint density at radius 1 is 1.20 bits per heavy atom. The molecule has 1 saturated heterocycles. The highest BCUT2D eigenvalue weighted by Crippen LogP contribution is 2.31. The average molecular weight is 421 g/mol. The third-order valence-corrected chi connectivity index (χ3v) is 4.62. The summed E-state index contributed by atoms with van der Waals surface area (Å²) < 4.78 is 0.861. The molecule has 2 aromatic carbocycles. The van der Waals surface area contributed by atoms with Crippen LogP contribution in [0, 0.1) is 5.92 Å². The van der Waals surface area contributed by atoms with E-state index >= 15 is 0 Å². The number of halogens is 2. The lowest BCUT2D eigenvalue weighted by molar-refractivity contribution is -0.119. The molecule has 128 valence electrons. The van der Waals surface area contributed by atoms with Crippen LogP contribution in [0.2, 0.25) is 5.02 Å². The summed E-state index contributed by atoms with van der Waals surface area (Å²) in [6, 6.07) is 13.4. The summed E-state index contributed by atoms with van der Waals surface area (Å²) in [6.45, 7) is 3.86. The van der Waals surface area contributed by atoms with Gasteiger partial charge in [0.1, 0.15) is 5.92 Å². The Morgan fingerprint density at radius 2 is 1.92 bits per heavy atom. The summed E-state index contributed by atoms with van der Waals surface area (Å²) in [4.78, 5) is 24.7. The lowest BCUT2D eigenvalue weighted by Crippen LogP contribution is -2.51.